The van der Waals surface area contributed by atoms with E-state index >= 15 is 8.78 Å². The van der Waals surface area contributed by atoms with Gasteiger partial charge in [-0.25, -0.2) is 23.7 Å². The maximum absolute atomic E-state index is 15.1. The van der Waals surface area contributed by atoms with Gasteiger partial charge in [0.1, 0.15) is 18.1 Å². The first-order valence-corrected chi connectivity index (χ1v) is 15.0. The number of hydrogen-bond acceptors (Lipinski definition) is 9. The fraction of sp³-hybridized carbons (Fsp3) is 0.483. The van der Waals surface area contributed by atoms with E-state index in [4.69, 9.17) is 9.72 Å². The Morgan fingerprint density at radius 1 is 1.00 bits per heavy atom. The van der Waals surface area contributed by atoms with E-state index in [-0.39, 0.29) is 23.4 Å². The van der Waals surface area contributed by atoms with Crippen LogP contribution in [0.4, 0.5) is 31.9 Å². The topological polar surface area (TPSA) is 69.7 Å². The van der Waals surface area contributed by atoms with Gasteiger partial charge in [-0.05, 0) is 58.5 Å². The fourth-order valence-electron chi connectivity index (χ4n) is 5.86. The van der Waals surface area contributed by atoms with Crippen LogP contribution in [0.1, 0.15) is 37.8 Å². The fourth-order valence-corrected chi connectivity index (χ4v) is 7.01. The highest BCUT2D eigenvalue weighted by atomic mass is 32.2. The van der Waals surface area contributed by atoms with Crippen LogP contribution in [0.15, 0.2) is 24.5 Å². The molecule has 1 aromatic carbocycles. The van der Waals surface area contributed by atoms with Crippen LogP contribution in [0.3, 0.4) is 0 Å². The summed E-state index contributed by atoms with van der Waals surface area (Å²) in [6.07, 6.45) is 5.32. The highest BCUT2D eigenvalue weighted by Gasteiger charge is 2.28. The van der Waals surface area contributed by atoms with Crippen LogP contribution in [-0.2, 0) is 11.5 Å². The van der Waals surface area contributed by atoms with Gasteiger partial charge in [0.15, 0.2) is 17.4 Å². The third-order valence-corrected chi connectivity index (χ3v) is 9.07. The lowest BCUT2D eigenvalue weighted by Crippen LogP contribution is -2.42. The summed E-state index contributed by atoms with van der Waals surface area (Å²) in [5.41, 5.74) is 4.59. The van der Waals surface area contributed by atoms with Gasteiger partial charge in [0.05, 0.1) is 30.3 Å². The number of ether oxygens (including phenoxy) is 1. The van der Waals surface area contributed by atoms with Crippen LogP contribution >= 0.6 is 11.8 Å². The van der Waals surface area contributed by atoms with Gasteiger partial charge < -0.3 is 24.8 Å². The second-order valence-corrected chi connectivity index (χ2v) is 12.1. The number of nitrogens with zero attached hydrogens (tertiary/aromatic N) is 6. The molecule has 2 aromatic heterocycles. The van der Waals surface area contributed by atoms with Crippen molar-refractivity contribution in [2.45, 2.75) is 50.3 Å². The average molecular weight is 568 g/mol. The van der Waals surface area contributed by atoms with E-state index in [1.807, 2.05) is 31.8 Å². The number of anilines is 4. The molecule has 3 aliphatic rings. The number of pyridine rings is 1. The standard InChI is InChI=1S/C29H35F2N7OS/c1-17(2)38-9-10-39-27-22(30)11-18(12-24(27)38)26-23(31)13-33-29(34-26)35-28-21-16-40-15-20(21)25(14-32-28)37-7-5-19(6-8-37)36(3)4/h11-14,17,19H,5-10,15-16H2,1-4H3,(H,32,33,34,35). The number of benzene rings is 1. The Balaban J connectivity index is 1.29. The zero-order valence-electron chi connectivity index (χ0n) is 23.4. The second kappa shape index (κ2) is 11.0. The molecule has 1 saturated heterocycles. The van der Waals surface area contributed by atoms with Gasteiger partial charge in [-0.3, -0.25) is 0 Å². The number of rotatable bonds is 6. The number of aromatic nitrogens is 3. The molecule has 8 nitrogen and oxygen atoms in total. The van der Waals surface area contributed by atoms with Crippen LogP contribution in [0.25, 0.3) is 11.3 Å². The van der Waals surface area contributed by atoms with Gasteiger partial charge in [0.25, 0.3) is 0 Å². The van der Waals surface area contributed by atoms with Gasteiger partial charge in [0, 0.05) is 47.8 Å². The first-order chi connectivity index (χ1) is 19.3. The Hall–Kier alpha value is -3.18. The molecule has 212 valence electrons. The van der Waals surface area contributed by atoms with Crippen molar-refractivity contribution in [1.82, 2.24) is 19.9 Å². The van der Waals surface area contributed by atoms with Gasteiger partial charge in [-0.1, -0.05) is 0 Å². The van der Waals surface area contributed by atoms with Crippen LogP contribution in [0.5, 0.6) is 5.75 Å². The molecule has 3 aliphatic heterocycles. The van der Waals surface area contributed by atoms with E-state index in [9.17, 15) is 0 Å². The maximum atomic E-state index is 15.1. The quantitative estimate of drug-likeness (QED) is 0.419. The van der Waals surface area contributed by atoms with Crippen molar-refractivity contribution in [3.63, 3.8) is 0 Å². The SMILES string of the molecule is CC(C)N1CCOc2c(F)cc(-c3nc(Nc4ncc(N5CCC(N(C)C)CC5)c5c4CSC5)ncc3F)cc21. The molecule has 0 bridgehead atoms. The number of nitrogens with one attached hydrogen (secondary N) is 1. The van der Waals surface area contributed by atoms with Crippen molar-refractivity contribution < 1.29 is 13.5 Å². The van der Waals surface area contributed by atoms with Crippen molar-refractivity contribution in [3.8, 4) is 17.0 Å². The maximum Gasteiger partial charge on any atom is 0.229 e. The van der Waals surface area contributed by atoms with E-state index in [2.05, 4.69) is 44.1 Å². The Bertz CT molecular complexity index is 1410. The Morgan fingerprint density at radius 3 is 2.52 bits per heavy atom. The summed E-state index contributed by atoms with van der Waals surface area (Å²) in [5, 5.41) is 3.23. The monoisotopic (exact) mass is 567 g/mol. The Kier molecular flexibility index (Phi) is 7.43. The summed E-state index contributed by atoms with van der Waals surface area (Å²) >= 11 is 1.86. The van der Waals surface area contributed by atoms with Crippen molar-refractivity contribution in [3.05, 3.63) is 47.3 Å². The molecule has 0 saturated carbocycles. The van der Waals surface area contributed by atoms with Gasteiger partial charge in [-0.15, -0.1) is 0 Å². The summed E-state index contributed by atoms with van der Waals surface area (Å²) in [7, 11) is 4.30. The Labute approximate surface area is 238 Å². The number of thioether (sulfide) groups is 1. The lowest BCUT2D eigenvalue weighted by Gasteiger charge is -2.37. The molecule has 1 N–H and O–H groups in total. The number of piperidine rings is 1. The van der Waals surface area contributed by atoms with Crippen molar-refractivity contribution in [2.24, 2.45) is 0 Å². The van der Waals surface area contributed by atoms with E-state index in [0.29, 0.717) is 36.3 Å². The molecule has 6 rings (SSSR count). The summed E-state index contributed by atoms with van der Waals surface area (Å²) in [4.78, 5) is 20.2. The Morgan fingerprint density at radius 2 is 1.77 bits per heavy atom. The molecule has 3 aromatic rings. The number of halogens is 2. The molecule has 0 atom stereocenters. The predicted octanol–water partition coefficient (Wildman–Crippen LogP) is 5.44. The second-order valence-electron chi connectivity index (χ2n) is 11.1. The molecular formula is C29H35F2N7OS. The normalized spacial score (nSPS) is 17.3. The molecule has 11 heteroatoms. The zero-order valence-corrected chi connectivity index (χ0v) is 24.2. The van der Waals surface area contributed by atoms with Crippen LogP contribution in [0, 0.1) is 11.6 Å². The summed E-state index contributed by atoms with van der Waals surface area (Å²) < 4.78 is 35.7. The summed E-state index contributed by atoms with van der Waals surface area (Å²) in [6.45, 7) is 7.12. The molecule has 0 aliphatic carbocycles. The smallest absolute Gasteiger partial charge is 0.229 e. The first kappa shape index (κ1) is 27.0. The molecule has 0 radical (unpaired) electrons. The highest BCUT2D eigenvalue weighted by Crippen LogP contribution is 2.42. The third kappa shape index (κ3) is 5.05. The van der Waals surface area contributed by atoms with Crippen LogP contribution in [-0.4, -0.2) is 72.3 Å². The minimum atomic E-state index is -0.622. The lowest BCUT2D eigenvalue weighted by molar-refractivity contribution is 0.249. The molecule has 0 amide bonds. The van der Waals surface area contributed by atoms with Gasteiger partial charge in [-0.2, -0.15) is 11.8 Å². The van der Waals surface area contributed by atoms with Gasteiger partial charge >= 0.3 is 0 Å². The average Bonchev–Trinajstić information content (AvgIpc) is 3.44. The minimum absolute atomic E-state index is 0.0277. The molecular weight excluding hydrogens is 532 g/mol. The molecule has 5 heterocycles. The molecule has 0 unspecified atom stereocenters. The zero-order chi connectivity index (χ0) is 28.0. The molecule has 40 heavy (non-hydrogen) atoms. The predicted molar refractivity (Wildman–Crippen MR) is 157 cm³/mol. The van der Waals surface area contributed by atoms with Crippen molar-refractivity contribution >= 4 is 34.9 Å². The third-order valence-electron chi connectivity index (χ3n) is 8.09. The number of fused-ring (bicyclic) bond motifs is 2. The van der Waals surface area contributed by atoms with E-state index in [0.717, 1.165) is 49.2 Å². The molecule has 0 spiro atoms. The largest absolute Gasteiger partial charge is 0.486 e. The van der Waals surface area contributed by atoms with Gasteiger partial charge in [0.2, 0.25) is 5.95 Å². The number of hydrogen-bond donors (Lipinski definition) is 1. The van der Waals surface area contributed by atoms with Crippen LogP contribution < -0.4 is 19.9 Å². The first-order valence-electron chi connectivity index (χ1n) is 13.8. The van der Waals surface area contributed by atoms with Crippen LogP contribution in [0.2, 0.25) is 0 Å². The summed E-state index contributed by atoms with van der Waals surface area (Å²) in [5.74, 6) is 1.70. The summed E-state index contributed by atoms with van der Waals surface area (Å²) in [6, 6.07) is 3.77. The molecule has 1 fully saturated rings. The van der Waals surface area contributed by atoms with E-state index in [1.54, 1.807) is 6.07 Å². The lowest BCUT2D eigenvalue weighted by atomic mass is 10.0. The van der Waals surface area contributed by atoms with E-state index in [1.165, 1.54) is 17.3 Å². The van der Waals surface area contributed by atoms with Crippen molar-refractivity contribution in [2.75, 3.05) is 55.5 Å². The van der Waals surface area contributed by atoms with E-state index < -0.39 is 11.6 Å². The van der Waals surface area contributed by atoms with Crippen molar-refractivity contribution in [1.29, 1.82) is 0 Å². The minimum Gasteiger partial charge on any atom is -0.486 e. The highest BCUT2D eigenvalue weighted by molar-refractivity contribution is 7.98.